The molecule has 2 aromatic rings. The van der Waals surface area contributed by atoms with Gasteiger partial charge in [0, 0.05) is 10.9 Å². The molecule has 0 aromatic heterocycles. The molecule has 2 aromatic carbocycles. The molecule has 0 spiro atoms. The van der Waals surface area contributed by atoms with E-state index in [1.165, 1.54) is 44.2 Å². The van der Waals surface area contributed by atoms with Crippen LogP contribution in [-0.4, -0.2) is 56.5 Å². The molecule has 0 aliphatic carbocycles. The molecule has 0 unspecified atom stereocenters. The van der Waals surface area contributed by atoms with Crippen molar-refractivity contribution in [2.75, 3.05) is 30.6 Å². The lowest BCUT2D eigenvalue weighted by molar-refractivity contribution is -0.117. The van der Waals surface area contributed by atoms with Crippen molar-refractivity contribution in [2.45, 2.75) is 17.7 Å². The Morgan fingerprint density at radius 2 is 1.94 bits per heavy atom. The number of benzene rings is 2. The summed E-state index contributed by atoms with van der Waals surface area (Å²) < 4.78 is 48.5. The van der Waals surface area contributed by atoms with Crippen LogP contribution in [0.2, 0.25) is 5.02 Å². The Kier molecular flexibility index (Phi) is 6.37. The van der Waals surface area contributed by atoms with E-state index in [1.54, 1.807) is 23.1 Å². The van der Waals surface area contributed by atoms with Gasteiger partial charge in [-0.25, -0.2) is 12.8 Å². The van der Waals surface area contributed by atoms with E-state index in [4.69, 9.17) is 21.1 Å². The average molecular weight is 499 g/mol. The molecule has 2 heterocycles. The van der Waals surface area contributed by atoms with Gasteiger partial charge in [-0.3, -0.25) is 4.79 Å². The zero-order valence-corrected chi connectivity index (χ0v) is 19.6. The van der Waals surface area contributed by atoms with Gasteiger partial charge in [-0.05, 0) is 35.9 Å². The highest BCUT2D eigenvalue weighted by Crippen LogP contribution is 2.41. The number of nitrogens with zero attached hydrogens (tertiary/aromatic N) is 2. The van der Waals surface area contributed by atoms with Crippen molar-refractivity contribution < 1.29 is 27.1 Å². The van der Waals surface area contributed by atoms with Crippen LogP contribution in [-0.2, 0) is 21.1 Å². The number of carbonyl (C=O) groups is 1. The van der Waals surface area contributed by atoms with Crippen LogP contribution in [0, 0.1) is 5.82 Å². The van der Waals surface area contributed by atoms with Crippen LogP contribution < -0.4 is 14.4 Å². The summed E-state index contributed by atoms with van der Waals surface area (Å²) in [4.78, 5) is 18.7. The highest BCUT2D eigenvalue weighted by atomic mass is 35.5. The number of sulfone groups is 1. The number of hydrogen-bond donors (Lipinski definition) is 0. The predicted octanol–water partition coefficient (Wildman–Crippen LogP) is 3.34. The van der Waals surface area contributed by atoms with Crippen molar-refractivity contribution in [1.29, 1.82) is 0 Å². The molecule has 2 aliphatic rings. The number of amides is 1. The minimum Gasteiger partial charge on any atom is -0.493 e. The van der Waals surface area contributed by atoms with Crippen molar-refractivity contribution in [3.63, 3.8) is 0 Å². The Morgan fingerprint density at radius 3 is 2.62 bits per heavy atom. The first kappa shape index (κ1) is 22.9. The Morgan fingerprint density at radius 1 is 1.19 bits per heavy atom. The van der Waals surface area contributed by atoms with Crippen molar-refractivity contribution in [3.8, 4) is 11.5 Å². The largest absolute Gasteiger partial charge is 0.493 e. The normalized spacial score (nSPS) is 22.8. The zero-order valence-electron chi connectivity index (χ0n) is 17.2. The van der Waals surface area contributed by atoms with Crippen LogP contribution in [0.5, 0.6) is 11.5 Å². The van der Waals surface area contributed by atoms with Gasteiger partial charge in [-0.1, -0.05) is 29.4 Å². The Labute approximate surface area is 194 Å². The fourth-order valence-corrected chi connectivity index (χ4v) is 7.92. The third-order valence-corrected chi connectivity index (χ3v) is 8.77. The third kappa shape index (κ3) is 4.57. The number of amidine groups is 1. The molecule has 0 saturated carbocycles. The third-order valence-electron chi connectivity index (χ3n) is 5.27. The minimum absolute atomic E-state index is 0.00332. The number of anilines is 1. The summed E-state index contributed by atoms with van der Waals surface area (Å²) in [5, 5.41) is 0.0207. The summed E-state index contributed by atoms with van der Waals surface area (Å²) in [6, 6.07) is 8.89. The number of aliphatic imine (C=N–C) groups is 1. The number of rotatable bonds is 5. The standard InChI is InChI=1S/C21H20ClFN2O5S2/c1-29-17-6-3-12(7-18(17)30-2)8-20(26)24-21-25(13-4-5-15(23)14(22)9-13)16-10-32(27,28)11-19(16)31-21/h3-7,9,16,19H,8,10-11H2,1-2H3/t16-,19-/m0/s1. The number of hydrogen-bond acceptors (Lipinski definition) is 6. The van der Waals surface area contributed by atoms with Crippen LogP contribution in [0.15, 0.2) is 41.4 Å². The summed E-state index contributed by atoms with van der Waals surface area (Å²) >= 11 is 7.19. The van der Waals surface area contributed by atoms with Crippen LogP contribution in [0.25, 0.3) is 0 Å². The molecule has 170 valence electrons. The molecule has 0 radical (unpaired) electrons. The van der Waals surface area contributed by atoms with E-state index in [-0.39, 0.29) is 28.2 Å². The van der Waals surface area contributed by atoms with Gasteiger partial charge in [0.1, 0.15) is 5.82 Å². The number of thioether (sulfide) groups is 1. The van der Waals surface area contributed by atoms with E-state index in [2.05, 4.69) is 4.99 Å². The molecule has 2 saturated heterocycles. The summed E-state index contributed by atoms with van der Waals surface area (Å²) in [7, 11) is -0.176. The first-order chi connectivity index (χ1) is 15.2. The molecule has 0 bridgehead atoms. The van der Waals surface area contributed by atoms with Crippen molar-refractivity contribution in [1.82, 2.24) is 0 Å². The average Bonchev–Trinajstić information content (AvgIpc) is 3.20. The van der Waals surface area contributed by atoms with Crippen molar-refractivity contribution in [3.05, 3.63) is 52.8 Å². The van der Waals surface area contributed by atoms with Gasteiger partial charge in [0.15, 0.2) is 26.5 Å². The Bertz CT molecular complexity index is 1200. The number of methoxy groups -OCH3 is 2. The topological polar surface area (TPSA) is 85.3 Å². The van der Waals surface area contributed by atoms with Gasteiger partial charge in [-0.15, -0.1) is 0 Å². The Hall–Kier alpha value is -2.30. The molecule has 0 N–H and O–H groups in total. The number of carbonyl (C=O) groups excluding carboxylic acids is 1. The molecule has 2 aliphatic heterocycles. The van der Waals surface area contributed by atoms with E-state index >= 15 is 0 Å². The molecule has 1 amide bonds. The lowest BCUT2D eigenvalue weighted by atomic mass is 10.1. The van der Waals surface area contributed by atoms with Crippen LogP contribution in [0.1, 0.15) is 5.56 Å². The summed E-state index contributed by atoms with van der Waals surface area (Å²) in [6.45, 7) is 0. The first-order valence-electron chi connectivity index (χ1n) is 9.64. The maximum absolute atomic E-state index is 13.7. The van der Waals surface area contributed by atoms with Gasteiger partial charge in [-0.2, -0.15) is 4.99 Å². The fraction of sp³-hybridized carbons (Fsp3) is 0.333. The Balaban J connectivity index is 1.63. The molecule has 2 atom stereocenters. The van der Waals surface area contributed by atoms with E-state index < -0.39 is 27.6 Å². The highest BCUT2D eigenvalue weighted by Gasteiger charge is 2.49. The van der Waals surface area contributed by atoms with Gasteiger partial charge in [0.2, 0.25) is 0 Å². The van der Waals surface area contributed by atoms with Gasteiger partial charge in [0.05, 0.1) is 43.2 Å². The van der Waals surface area contributed by atoms with E-state index in [0.717, 1.165) is 0 Å². The van der Waals surface area contributed by atoms with E-state index in [9.17, 15) is 17.6 Å². The molecular weight excluding hydrogens is 479 g/mol. The van der Waals surface area contributed by atoms with Crippen LogP contribution in [0.4, 0.5) is 10.1 Å². The molecular formula is C21H20ClFN2O5S2. The number of fused-ring (bicyclic) bond motifs is 1. The quantitative estimate of drug-likeness (QED) is 0.625. The number of ether oxygens (including phenoxy) is 2. The molecule has 2 fully saturated rings. The molecule has 7 nitrogen and oxygen atoms in total. The second kappa shape index (κ2) is 8.92. The number of halogens is 2. The maximum atomic E-state index is 13.7. The zero-order chi connectivity index (χ0) is 23.0. The van der Waals surface area contributed by atoms with E-state index in [0.29, 0.717) is 27.9 Å². The maximum Gasteiger partial charge on any atom is 0.252 e. The SMILES string of the molecule is COc1ccc(CC(=O)N=C2S[C@H]3CS(=O)(=O)C[C@@H]3N2c2ccc(F)c(Cl)c2)cc1OC. The minimum atomic E-state index is -3.21. The molecule has 32 heavy (non-hydrogen) atoms. The summed E-state index contributed by atoms with van der Waals surface area (Å²) in [5.41, 5.74) is 1.19. The van der Waals surface area contributed by atoms with Gasteiger partial charge < -0.3 is 14.4 Å². The van der Waals surface area contributed by atoms with E-state index in [1.807, 2.05) is 0 Å². The summed E-state index contributed by atoms with van der Waals surface area (Å²) in [6.07, 6.45) is 0.0239. The highest BCUT2D eigenvalue weighted by molar-refractivity contribution is 8.16. The lowest BCUT2D eigenvalue weighted by Gasteiger charge is -2.24. The van der Waals surface area contributed by atoms with Gasteiger partial charge >= 0.3 is 0 Å². The lowest BCUT2D eigenvalue weighted by Crippen LogP contribution is -2.37. The van der Waals surface area contributed by atoms with Crippen molar-refractivity contribution in [2.24, 2.45) is 4.99 Å². The van der Waals surface area contributed by atoms with Crippen molar-refractivity contribution >= 4 is 50.0 Å². The molecule has 4 rings (SSSR count). The van der Waals surface area contributed by atoms with Crippen LogP contribution >= 0.6 is 23.4 Å². The van der Waals surface area contributed by atoms with Crippen LogP contribution in [0.3, 0.4) is 0 Å². The predicted molar refractivity (Wildman–Crippen MR) is 123 cm³/mol. The smallest absolute Gasteiger partial charge is 0.252 e. The first-order valence-corrected chi connectivity index (χ1v) is 12.7. The monoisotopic (exact) mass is 498 g/mol. The van der Waals surface area contributed by atoms with Gasteiger partial charge in [0.25, 0.3) is 5.91 Å². The second-order valence-electron chi connectivity index (χ2n) is 7.42. The molecule has 11 heteroatoms. The second-order valence-corrected chi connectivity index (χ2v) is 11.2. The fourth-order valence-electron chi connectivity index (χ4n) is 3.81. The summed E-state index contributed by atoms with van der Waals surface area (Å²) in [5.74, 6) is -0.00134.